The van der Waals surface area contributed by atoms with Gasteiger partial charge < -0.3 is 10.4 Å². The zero-order valence-corrected chi connectivity index (χ0v) is 12.0. The van der Waals surface area contributed by atoms with Crippen molar-refractivity contribution in [2.75, 3.05) is 19.6 Å². The van der Waals surface area contributed by atoms with Crippen molar-refractivity contribution in [1.82, 2.24) is 10.2 Å². The molecule has 0 aliphatic carbocycles. The van der Waals surface area contributed by atoms with Gasteiger partial charge in [-0.05, 0) is 25.6 Å². The molecule has 0 spiro atoms. The molecule has 0 fully saturated rings. The Hall–Kier alpha value is -1.39. The van der Waals surface area contributed by atoms with Gasteiger partial charge in [0.2, 0.25) is 5.91 Å². The summed E-state index contributed by atoms with van der Waals surface area (Å²) in [5.74, 6) is -0.0594. The summed E-state index contributed by atoms with van der Waals surface area (Å²) in [4.78, 5) is 14.4. The van der Waals surface area contributed by atoms with Gasteiger partial charge in [0.1, 0.15) is 6.04 Å². The Kier molecular flexibility index (Phi) is 6.53. The molecule has 4 heteroatoms. The van der Waals surface area contributed by atoms with Gasteiger partial charge in [-0.25, -0.2) is 0 Å². The molecule has 0 aliphatic rings. The number of rotatable bonds is 7. The normalized spacial score (nSPS) is 14.2. The molecular weight excluding hydrogens is 240 g/mol. The molecule has 2 N–H and O–H groups in total. The molecule has 1 amide bonds. The Balaban J connectivity index is 2.89. The highest BCUT2D eigenvalue weighted by atomic mass is 16.3. The average Bonchev–Trinajstić information content (AvgIpc) is 2.43. The first-order chi connectivity index (χ1) is 9.10. The summed E-state index contributed by atoms with van der Waals surface area (Å²) >= 11 is 0. The van der Waals surface area contributed by atoms with Gasteiger partial charge in [-0.2, -0.15) is 0 Å². The van der Waals surface area contributed by atoms with E-state index in [1.807, 2.05) is 44.2 Å². The minimum absolute atomic E-state index is 0.0594. The second-order valence-corrected chi connectivity index (χ2v) is 4.63. The van der Waals surface area contributed by atoms with E-state index in [4.69, 9.17) is 0 Å². The van der Waals surface area contributed by atoms with Crippen LogP contribution in [-0.4, -0.2) is 41.7 Å². The van der Waals surface area contributed by atoms with Crippen LogP contribution in [0.2, 0.25) is 0 Å². The average molecular weight is 264 g/mol. The lowest BCUT2D eigenvalue weighted by atomic mass is 10.0. The number of likely N-dealkylation sites (N-methyl/N-ethyl adjacent to an activating group) is 1. The van der Waals surface area contributed by atoms with Gasteiger partial charge >= 0.3 is 0 Å². The fourth-order valence-corrected chi connectivity index (χ4v) is 2.10. The first kappa shape index (κ1) is 15.7. The van der Waals surface area contributed by atoms with Crippen LogP contribution in [0.1, 0.15) is 32.4 Å². The van der Waals surface area contributed by atoms with E-state index in [1.54, 1.807) is 6.92 Å². The quantitative estimate of drug-likeness (QED) is 0.786. The summed E-state index contributed by atoms with van der Waals surface area (Å²) in [6, 6.07) is 9.45. The van der Waals surface area contributed by atoms with E-state index in [-0.39, 0.29) is 18.5 Å². The lowest BCUT2D eigenvalue weighted by molar-refractivity contribution is -0.127. The third kappa shape index (κ3) is 4.65. The first-order valence-corrected chi connectivity index (χ1v) is 6.84. The molecule has 0 saturated carbocycles. The Labute approximate surface area is 115 Å². The van der Waals surface area contributed by atoms with Crippen LogP contribution < -0.4 is 5.32 Å². The summed E-state index contributed by atoms with van der Waals surface area (Å²) in [6.45, 7) is 7.64. The Bertz CT molecular complexity index is 375. The number of hydrogen-bond donors (Lipinski definition) is 2. The number of carbonyl (C=O) groups excluding carboxylic acids is 1. The van der Waals surface area contributed by atoms with Crippen LogP contribution in [0, 0.1) is 0 Å². The molecule has 106 valence electrons. The molecule has 0 saturated heterocycles. The van der Waals surface area contributed by atoms with Crippen molar-refractivity contribution in [1.29, 1.82) is 0 Å². The molecule has 0 aliphatic heterocycles. The van der Waals surface area contributed by atoms with E-state index in [0.717, 1.165) is 18.7 Å². The number of carbonyl (C=O) groups is 1. The van der Waals surface area contributed by atoms with Crippen molar-refractivity contribution in [2.45, 2.75) is 32.9 Å². The number of aliphatic hydroxyl groups is 1. The number of benzene rings is 1. The number of hydrogen-bond acceptors (Lipinski definition) is 3. The predicted molar refractivity (Wildman–Crippen MR) is 76.8 cm³/mol. The third-order valence-corrected chi connectivity index (χ3v) is 3.11. The summed E-state index contributed by atoms with van der Waals surface area (Å²) < 4.78 is 0. The van der Waals surface area contributed by atoms with Crippen LogP contribution in [0.5, 0.6) is 0 Å². The molecule has 0 heterocycles. The monoisotopic (exact) mass is 264 g/mol. The first-order valence-electron chi connectivity index (χ1n) is 6.84. The maximum atomic E-state index is 12.3. The van der Waals surface area contributed by atoms with Crippen LogP contribution in [0.4, 0.5) is 0 Å². The summed E-state index contributed by atoms with van der Waals surface area (Å²) in [5.41, 5.74) is 0.981. The van der Waals surface area contributed by atoms with E-state index >= 15 is 0 Å². The standard InChI is InChI=1S/C15H24N2O2/c1-4-17(5-2)14(13-9-7-6-8-10-13)15(19)16-11-12(3)18/h6-10,12,14,18H,4-5,11H2,1-3H3,(H,16,19). The molecule has 4 nitrogen and oxygen atoms in total. The molecule has 1 aromatic rings. The number of aliphatic hydroxyl groups excluding tert-OH is 1. The highest BCUT2D eigenvalue weighted by Crippen LogP contribution is 2.20. The van der Waals surface area contributed by atoms with Crippen LogP contribution in [0.25, 0.3) is 0 Å². The van der Waals surface area contributed by atoms with Crippen LogP contribution in [0.3, 0.4) is 0 Å². The van der Waals surface area contributed by atoms with Gasteiger partial charge in [0.25, 0.3) is 0 Å². The highest BCUT2D eigenvalue weighted by molar-refractivity contribution is 5.83. The van der Waals surface area contributed by atoms with Gasteiger partial charge in [-0.3, -0.25) is 9.69 Å². The zero-order chi connectivity index (χ0) is 14.3. The fourth-order valence-electron chi connectivity index (χ4n) is 2.10. The Morgan fingerprint density at radius 1 is 1.26 bits per heavy atom. The minimum atomic E-state index is -0.530. The number of amides is 1. The van der Waals surface area contributed by atoms with E-state index in [0.29, 0.717) is 0 Å². The summed E-state index contributed by atoms with van der Waals surface area (Å²) in [5, 5.41) is 12.1. The van der Waals surface area contributed by atoms with Gasteiger partial charge in [-0.15, -0.1) is 0 Å². The van der Waals surface area contributed by atoms with Crippen molar-refractivity contribution in [3.8, 4) is 0 Å². The molecular formula is C15H24N2O2. The van der Waals surface area contributed by atoms with E-state index < -0.39 is 6.10 Å². The van der Waals surface area contributed by atoms with Crippen molar-refractivity contribution < 1.29 is 9.90 Å². The summed E-state index contributed by atoms with van der Waals surface area (Å²) in [6.07, 6.45) is -0.530. The number of nitrogens with zero attached hydrogens (tertiary/aromatic N) is 1. The highest BCUT2D eigenvalue weighted by Gasteiger charge is 2.25. The van der Waals surface area contributed by atoms with Crippen molar-refractivity contribution in [3.05, 3.63) is 35.9 Å². The summed E-state index contributed by atoms with van der Waals surface area (Å²) in [7, 11) is 0. The molecule has 2 atom stereocenters. The number of nitrogens with one attached hydrogen (secondary N) is 1. The topological polar surface area (TPSA) is 52.6 Å². The molecule has 19 heavy (non-hydrogen) atoms. The van der Waals surface area contributed by atoms with Crippen molar-refractivity contribution in [2.24, 2.45) is 0 Å². The zero-order valence-electron chi connectivity index (χ0n) is 12.0. The SMILES string of the molecule is CCN(CC)C(C(=O)NCC(C)O)c1ccccc1. The van der Waals surface area contributed by atoms with Crippen LogP contribution >= 0.6 is 0 Å². The van der Waals surface area contributed by atoms with Gasteiger partial charge in [-0.1, -0.05) is 44.2 Å². The van der Waals surface area contributed by atoms with Gasteiger partial charge in [0, 0.05) is 6.54 Å². The lowest BCUT2D eigenvalue weighted by Crippen LogP contribution is -2.42. The van der Waals surface area contributed by atoms with Crippen molar-refractivity contribution in [3.63, 3.8) is 0 Å². The van der Waals surface area contributed by atoms with E-state index in [2.05, 4.69) is 10.2 Å². The second-order valence-electron chi connectivity index (χ2n) is 4.63. The molecule has 1 rings (SSSR count). The lowest BCUT2D eigenvalue weighted by Gasteiger charge is -2.29. The molecule has 2 unspecified atom stereocenters. The van der Waals surface area contributed by atoms with Crippen LogP contribution in [0.15, 0.2) is 30.3 Å². The molecule has 0 radical (unpaired) electrons. The molecule has 0 aromatic heterocycles. The van der Waals surface area contributed by atoms with E-state index in [1.165, 1.54) is 0 Å². The maximum Gasteiger partial charge on any atom is 0.242 e. The Morgan fingerprint density at radius 2 is 1.84 bits per heavy atom. The largest absolute Gasteiger partial charge is 0.392 e. The van der Waals surface area contributed by atoms with Crippen LogP contribution in [-0.2, 0) is 4.79 Å². The maximum absolute atomic E-state index is 12.3. The predicted octanol–water partition coefficient (Wildman–Crippen LogP) is 1.57. The minimum Gasteiger partial charge on any atom is -0.392 e. The molecule has 0 bridgehead atoms. The van der Waals surface area contributed by atoms with Crippen molar-refractivity contribution >= 4 is 5.91 Å². The molecule has 1 aromatic carbocycles. The van der Waals surface area contributed by atoms with E-state index in [9.17, 15) is 9.90 Å². The third-order valence-electron chi connectivity index (χ3n) is 3.11. The fraction of sp³-hybridized carbons (Fsp3) is 0.533. The van der Waals surface area contributed by atoms with Gasteiger partial charge in [0.05, 0.1) is 6.10 Å². The van der Waals surface area contributed by atoms with Gasteiger partial charge in [0.15, 0.2) is 0 Å². The second kappa shape index (κ2) is 7.92. The smallest absolute Gasteiger partial charge is 0.242 e. The Morgan fingerprint density at radius 3 is 2.32 bits per heavy atom.